The molecule has 1 N–H and O–H groups in total. The number of ether oxygens (including phenoxy) is 1. The van der Waals surface area contributed by atoms with Crippen molar-refractivity contribution in [1.82, 2.24) is 9.88 Å². The Morgan fingerprint density at radius 1 is 1.33 bits per heavy atom. The van der Waals surface area contributed by atoms with E-state index in [1.807, 2.05) is 31.2 Å². The minimum atomic E-state index is -0.0428. The number of amides is 1. The van der Waals surface area contributed by atoms with Gasteiger partial charge in [-0.25, -0.2) is 4.98 Å². The molecule has 2 aromatic rings. The molecule has 1 aromatic carbocycles. The summed E-state index contributed by atoms with van der Waals surface area (Å²) in [6.07, 6.45) is 1.64. The number of pyridine rings is 1. The average molecular weight is 287 g/mol. The summed E-state index contributed by atoms with van der Waals surface area (Å²) in [4.78, 5) is 18.6. The van der Waals surface area contributed by atoms with Gasteiger partial charge in [0.2, 0.25) is 0 Å². The van der Waals surface area contributed by atoms with E-state index in [0.717, 1.165) is 23.1 Å². The number of nitrogens with one attached hydrogen (secondary N) is 1. The average Bonchev–Trinajstić information content (AvgIpc) is 2.52. The maximum Gasteiger partial charge on any atom is 0.255 e. The van der Waals surface area contributed by atoms with E-state index < -0.39 is 0 Å². The van der Waals surface area contributed by atoms with E-state index >= 15 is 0 Å². The molecule has 1 aromatic heterocycles. The molecule has 0 aliphatic carbocycles. The van der Waals surface area contributed by atoms with Crippen LogP contribution in [-0.4, -0.2) is 49.6 Å². The highest BCUT2D eigenvalue weighted by Crippen LogP contribution is 2.25. The number of methoxy groups -OCH3 is 1. The molecule has 0 atom stereocenters. The van der Waals surface area contributed by atoms with Crippen LogP contribution in [0.1, 0.15) is 17.3 Å². The number of carbonyl (C=O) groups excluding carboxylic acids is 1. The van der Waals surface area contributed by atoms with Crippen LogP contribution in [0, 0.1) is 0 Å². The van der Waals surface area contributed by atoms with Crippen molar-refractivity contribution in [3.63, 3.8) is 0 Å². The Hall–Kier alpha value is -2.14. The number of carbonyl (C=O) groups is 1. The van der Waals surface area contributed by atoms with Crippen LogP contribution >= 0.6 is 0 Å². The number of nitrogens with zero attached hydrogens (tertiary/aromatic N) is 2. The van der Waals surface area contributed by atoms with Gasteiger partial charge in [-0.1, -0.05) is 24.3 Å². The van der Waals surface area contributed by atoms with Crippen molar-refractivity contribution in [3.8, 4) is 0 Å². The van der Waals surface area contributed by atoms with E-state index in [4.69, 9.17) is 4.74 Å². The van der Waals surface area contributed by atoms with Crippen LogP contribution in [0.5, 0.6) is 0 Å². The van der Waals surface area contributed by atoms with Gasteiger partial charge in [0.15, 0.2) is 0 Å². The molecule has 5 nitrogen and oxygen atoms in total. The van der Waals surface area contributed by atoms with Crippen molar-refractivity contribution < 1.29 is 9.53 Å². The van der Waals surface area contributed by atoms with Crippen LogP contribution in [0.2, 0.25) is 0 Å². The minimum Gasteiger partial charge on any atom is -0.383 e. The number of rotatable bonds is 6. The Labute approximate surface area is 124 Å². The van der Waals surface area contributed by atoms with Crippen LogP contribution in [0.4, 0.5) is 5.82 Å². The summed E-state index contributed by atoms with van der Waals surface area (Å²) in [5.41, 5.74) is 0.617. The second kappa shape index (κ2) is 7.04. The first kappa shape index (κ1) is 15.3. The SMILES string of the molecule is CCNc1ncc(C(=O)N(C)CCOC)c2ccccc12. The van der Waals surface area contributed by atoms with Crippen molar-refractivity contribution in [3.05, 3.63) is 36.0 Å². The maximum atomic E-state index is 12.5. The van der Waals surface area contributed by atoms with Gasteiger partial charge in [-0.15, -0.1) is 0 Å². The molecule has 0 radical (unpaired) electrons. The Bertz CT molecular complexity index is 628. The molecule has 0 fully saturated rings. The molecule has 0 bridgehead atoms. The largest absolute Gasteiger partial charge is 0.383 e. The van der Waals surface area contributed by atoms with Crippen molar-refractivity contribution in [2.24, 2.45) is 0 Å². The van der Waals surface area contributed by atoms with Gasteiger partial charge in [0.1, 0.15) is 5.82 Å². The topological polar surface area (TPSA) is 54.5 Å². The maximum absolute atomic E-state index is 12.5. The number of anilines is 1. The zero-order valence-electron chi connectivity index (χ0n) is 12.7. The number of hydrogen-bond acceptors (Lipinski definition) is 4. The fourth-order valence-corrected chi connectivity index (χ4v) is 2.21. The molecule has 21 heavy (non-hydrogen) atoms. The zero-order valence-corrected chi connectivity index (χ0v) is 12.7. The van der Waals surface area contributed by atoms with Crippen LogP contribution in [0.15, 0.2) is 30.5 Å². The Balaban J connectivity index is 2.41. The number of likely N-dealkylation sites (N-methyl/N-ethyl adjacent to an activating group) is 1. The van der Waals surface area contributed by atoms with Gasteiger partial charge in [-0.2, -0.15) is 0 Å². The zero-order chi connectivity index (χ0) is 15.2. The fraction of sp³-hybridized carbons (Fsp3) is 0.375. The highest BCUT2D eigenvalue weighted by molar-refractivity contribution is 6.09. The minimum absolute atomic E-state index is 0.0428. The van der Waals surface area contributed by atoms with Gasteiger partial charge >= 0.3 is 0 Å². The Morgan fingerprint density at radius 2 is 2.05 bits per heavy atom. The predicted octanol–water partition coefficient (Wildman–Crippen LogP) is 2.38. The summed E-state index contributed by atoms with van der Waals surface area (Å²) in [6.45, 7) is 3.88. The summed E-state index contributed by atoms with van der Waals surface area (Å²) in [5.74, 6) is 0.767. The first-order valence-electron chi connectivity index (χ1n) is 7.05. The smallest absolute Gasteiger partial charge is 0.255 e. The molecule has 112 valence electrons. The third-order valence-electron chi connectivity index (χ3n) is 3.35. The summed E-state index contributed by atoms with van der Waals surface area (Å²) < 4.78 is 5.02. The molecule has 0 aliphatic heterocycles. The molecular formula is C16H21N3O2. The standard InChI is InChI=1S/C16H21N3O2/c1-4-17-15-13-8-6-5-7-12(13)14(11-18-15)16(20)19(2)9-10-21-3/h5-8,11H,4,9-10H2,1-3H3,(H,17,18). The normalized spacial score (nSPS) is 10.6. The second-order valence-electron chi connectivity index (χ2n) is 4.82. The van der Waals surface area contributed by atoms with E-state index in [0.29, 0.717) is 18.7 Å². The molecular weight excluding hydrogens is 266 g/mol. The summed E-state index contributed by atoms with van der Waals surface area (Å²) in [5, 5.41) is 5.10. The van der Waals surface area contributed by atoms with Crippen LogP contribution in [0.3, 0.4) is 0 Å². The molecule has 5 heteroatoms. The lowest BCUT2D eigenvalue weighted by molar-refractivity contribution is 0.0746. The molecule has 0 saturated heterocycles. The van der Waals surface area contributed by atoms with E-state index in [1.165, 1.54) is 0 Å². The molecule has 0 saturated carbocycles. The third-order valence-corrected chi connectivity index (χ3v) is 3.35. The molecule has 0 aliphatic rings. The summed E-state index contributed by atoms with van der Waals surface area (Å²) in [7, 11) is 3.40. The number of hydrogen-bond donors (Lipinski definition) is 1. The van der Waals surface area contributed by atoms with Gasteiger partial charge in [0, 0.05) is 38.8 Å². The van der Waals surface area contributed by atoms with Gasteiger partial charge < -0.3 is 15.0 Å². The first-order chi connectivity index (χ1) is 10.2. The summed E-state index contributed by atoms with van der Waals surface area (Å²) >= 11 is 0. The lowest BCUT2D eigenvalue weighted by Gasteiger charge is -2.18. The van der Waals surface area contributed by atoms with E-state index in [9.17, 15) is 4.79 Å². The molecule has 1 heterocycles. The van der Waals surface area contributed by atoms with Crippen molar-refractivity contribution in [1.29, 1.82) is 0 Å². The van der Waals surface area contributed by atoms with Gasteiger partial charge in [-0.05, 0) is 12.3 Å². The van der Waals surface area contributed by atoms with Gasteiger partial charge in [-0.3, -0.25) is 4.79 Å². The second-order valence-corrected chi connectivity index (χ2v) is 4.82. The lowest BCUT2D eigenvalue weighted by atomic mass is 10.1. The Kier molecular flexibility index (Phi) is 5.11. The monoisotopic (exact) mass is 287 g/mol. The molecule has 0 unspecified atom stereocenters. The van der Waals surface area contributed by atoms with Crippen molar-refractivity contribution in [2.45, 2.75) is 6.92 Å². The van der Waals surface area contributed by atoms with Crippen LogP contribution in [-0.2, 0) is 4.74 Å². The van der Waals surface area contributed by atoms with Gasteiger partial charge in [0.05, 0.1) is 12.2 Å². The van der Waals surface area contributed by atoms with Crippen LogP contribution in [0.25, 0.3) is 10.8 Å². The third kappa shape index (κ3) is 3.31. The highest BCUT2D eigenvalue weighted by atomic mass is 16.5. The summed E-state index contributed by atoms with van der Waals surface area (Å²) in [6, 6.07) is 7.82. The molecule has 0 spiro atoms. The van der Waals surface area contributed by atoms with E-state index in [-0.39, 0.29) is 5.91 Å². The lowest BCUT2D eigenvalue weighted by Crippen LogP contribution is -2.30. The van der Waals surface area contributed by atoms with Crippen molar-refractivity contribution >= 4 is 22.5 Å². The highest BCUT2D eigenvalue weighted by Gasteiger charge is 2.16. The van der Waals surface area contributed by atoms with Crippen molar-refractivity contribution in [2.75, 3.05) is 39.2 Å². The van der Waals surface area contributed by atoms with Crippen LogP contribution < -0.4 is 5.32 Å². The number of fused-ring (bicyclic) bond motifs is 1. The fourth-order valence-electron chi connectivity index (χ4n) is 2.21. The Morgan fingerprint density at radius 3 is 2.71 bits per heavy atom. The quantitative estimate of drug-likeness (QED) is 0.886. The van der Waals surface area contributed by atoms with E-state index in [1.54, 1.807) is 25.3 Å². The van der Waals surface area contributed by atoms with E-state index in [2.05, 4.69) is 10.3 Å². The molecule has 2 rings (SSSR count). The predicted molar refractivity (Wildman–Crippen MR) is 84.7 cm³/mol. The van der Waals surface area contributed by atoms with Gasteiger partial charge in [0.25, 0.3) is 5.91 Å². The molecule has 1 amide bonds. The number of benzene rings is 1. The number of aromatic nitrogens is 1. The first-order valence-corrected chi connectivity index (χ1v) is 7.05.